The van der Waals surface area contributed by atoms with Gasteiger partial charge in [0.05, 0.1) is 0 Å². The zero-order valence-corrected chi connectivity index (χ0v) is 16.8. The molecule has 0 aromatic heterocycles. The summed E-state index contributed by atoms with van der Waals surface area (Å²) in [5, 5.41) is 0.0375. The Bertz CT molecular complexity index is 593. The molecule has 27 heavy (non-hydrogen) atoms. The summed E-state index contributed by atoms with van der Waals surface area (Å²) in [4.78, 5) is 38.6. The van der Waals surface area contributed by atoms with E-state index in [4.69, 9.17) is 9.47 Å². The number of likely N-dealkylation sites (tertiary alicyclic amines) is 1. The topological polar surface area (TPSA) is 76.2 Å². The fraction of sp³-hybridized carbons (Fsp3) is 0.526. The number of thioether (sulfide) groups is 1. The summed E-state index contributed by atoms with van der Waals surface area (Å²) < 4.78 is 10.1. The molecule has 1 aliphatic rings. The maximum absolute atomic E-state index is 12.3. The summed E-state index contributed by atoms with van der Waals surface area (Å²) in [5.41, 5.74) is 0.785. The number of hydrogen-bond donors (Lipinski definition) is 0. The van der Waals surface area contributed by atoms with Crippen LogP contribution in [0.25, 0.3) is 0 Å². The third-order valence-corrected chi connectivity index (χ3v) is 4.90. The van der Waals surface area contributed by atoms with E-state index in [1.54, 1.807) is 11.9 Å². The molecule has 2 atom stereocenters. The van der Waals surface area contributed by atoms with E-state index in [0.29, 0.717) is 25.9 Å². The van der Waals surface area contributed by atoms with Crippen LogP contribution in [0.2, 0.25) is 0 Å². The van der Waals surface area contributed by atoms with Crippen molar-refractivity contribution in [3.05, 3.63) is 37.5 Å². The highest BCUT2D eigenvalue weighted by Crippen LogP contribution is 2.31. The number of hydrogen-bond acceptors (Lipinski definition) is 6. The molecule has 1 aliphatic heterocycles. The monoisotopic (exact) mass is 396 g/mol. The lowest BCUT2D eigenvalue weighted by atomic mass is 10.1. The van der Waals surface area contributed by atoms with Crippen molar-refractivity contribution in [1.82, 2.24) is 9.80 Å². The zero-order chi connectivity index (χ0) is 20.4. The predicted octanol–water partition coefficient (Wildman–Crippen LogP) is 3.23. The largest absolute Gasteiger partial charge is 0.445 e. The average molecular weight is 397 g/mol. The first-order chi connectivity index (χ1) is 12.8. The minimum Gasteiger partial charge on any atom is -0.445 e. The first-order valence-electron chi connectivity index (χ1n) is 8.65. The van der Waals surface area contributed by atoms with Gasteiger partial charge in [-0.1, -0.05) is 49.2 Å². The van der Waals surface area contributed by atoms with Gasteiger partial charge in [0, 0.05) is 38.4 Å². The van der Waals surface area contributed by atoms with Crippen molar-refractivity contribution in [2.75, 3.05) is 33.4 Å². The smallest absolute Gasteiger partial charge is 0.410 e. The highest BCUT2D eigenvalue weighted by molar-refractivity contribution is 8.14. The fourth-order valence-corrected chi connectivity index (χ4v) is 3.89. The fourth-order valence-electron chi connectivity index (χ4n) is 2.86. The van der Waals surface area contributed by atoms with E-state index in [1.165, 1.54) is 35.7 Å². The van der Waals surface area contributed by atoms with Gasteiger partial charge < -0.3 is 19.3 Å². The Morgan fingerprint density at radius 2 is 1.85 bits per heavy atom. The van der Waals surface area contributed by atoms with Crippen LogP contribution in [-0.4, -0.2) is 71.7 Å². The van der Waals surface area contributed by atoms with Crippen molar-refractivity contribution in [2.24, 2.45) is 0 Å². The molecule has 1 heterocycles. The van der Waals surface area contributed by atoms with E-state index in [2.05, 4.69) is 19.7 Å². The van der Waals surface area contributed by atoms with Crippen molar-refractivity contribution in [3.63, 3.8) is 0 Å². The van der Waals surface area contributed by atoms with E-state index in [-0.39, 0.29) is 29.6 Å². The molecule has 0 aromatic rings. The number of likely N-dealkylation sites (N-methyl/N-ethyl adjacent to an activating group) is 1. The minimum absolute atomic E-state index is 0.0172. The van der Waals surface area contributed by atoms with Crippen LogP contribution in [0.1, 0.15) is 19.8 Å². The summed E-state index contributed by atoms with van der Waals surface area (Å²) in [5.74, 6) is 0. The second-order valence-electron chi connectivity index (χ2n) is 6.31. The van der Waals surface area contributed by atoms with Crippen LogP contribution < -0.4 is 0 Å². The van der Waals surface area contributed by atoms with E-state index in [9.17, 15) is 14.4 Å². The van der Waals surface area contributed by atoms with Gasteiger partial charge in [0.1, 0.15) is 13.2 Å². The molecular formula is C19H28N2O5S. The maximum Gasteiger partial charge on any atom is 0.410 e. The molecule has 1 fully saturated rings. The molecule has 1 rings (SSSR count). The second-order valence-corrected chi connectivity index (χ2v) is 7.79. The Morgan fingerprint density at radius 3 is 2.44 bits per heavy atom. The molecule has 0 N–H and O–H groups in total. The normalized spacial score (nSPS) is 18.5. The third-order valence-electron chi connectivity index (χ3n) is 3.89. The lowest BCUT2D eigenvalue weighted by Gasteiger charge is -2.25. The first kappa shape index (κ1) is 22.8. The lowest BCUT2D eigenvalue weighted by molar-refractivity contribution is -0.109. The van der Waals surface area contributed by atoms with Gasteiger partial charge >= 0.3 is 12.2 Å². The predicted molar refractivity (Wildman–Crippen MR) is 107 cm³/mol. The molecule has 0 spiro atoms. The molecule has 150 valence electrons. The molecule has 8 heteroatoms. The van der Waals surface area contributed by atoms with Gasteiger partial charge in [-0.2, -0.15) is 0 Å². The highest BCUT2D eigenvalue weighted by Gasteiger charge is 2.37. The second kappa shape index (κ2) is 11.5. The van der Waals surface area contributed by atoms with Gasteiger partial charge in [-0.15, -0.1) is 0 Å². The number of rotatable bonds is 9. The summed E-state index contributed by atoms with van der Waals surface area (Å²) in [6.07, 6.45) is 3.29. The van der Waals surface area contributed by atoms with E-state index >= 15 is 0 Å². The van der Waals surface area contributed by atoms with Crippen LogP contribution in [0.3, 0.4) is 0 Å². The average Bonchev–Trinajstić information content (AvgIpc) is 2.98. The Hall–Kier alpha value is -2.22. The van der Waals surface area contributed by atoms with Crippen LogP contribution in [0, 0.1) is 0 Å². The van der Waals surface area contributed by atoms with Gasteiger partial charge in [0.2, 0.25) is 0 Å². The number of nitrogens with zero attached hydrogens (tertiary/aromatic N) is 2. The van der Waals surface area contributed by atoms with Crippen LogP contribution in [0.4, 0.5) is 9.59 Å². The molecule has 0 aliphatic carbocycles. The van der Waals surface area contributed by atoms with Crippen LogP contribution in [-0.2, 0) is 14.3 Å². The molecule has 7 nitrogen and oxygen atoms in total. The number of ether oxygens (including phenoxy) is 2. The van der Waals surface area contributed by atoms with Crippen LogP contribution >= 0.6 is 11.8 Å². The minimum atomic E-state index is -0.463. The quantitative estimate of drug-likeness (QED) is 0.557. The Balaban J connectivity index is 2.68. The van der Waals surface area contributed by atoms with Gasteiger partial charge in [0.15, 0.2) is 5.12 Å². The van der Waals surface area contributed by atoms with Gasteiger partial charge in [0.25, 0.3) is 0 Å². The molecular weight excluding hydrogens is 368 g/mol. The number of carbonyl (C=O) groups excluding carboxylic acids is 3. The Kier molecular flexibility index (Phi) is 9.71. The SMILES string of the molecule is C=CCOC(=O)N(C)CC(=C)CC1CC(SC(C)=O)CN1C(=O)OCC=C. The lowest BCUT2D eigenvalue weighted by Crippen LogP contribution is -2.37. The number of carbonyl (C=O) groups is 3. The van der Waals surface area contributed by atoms with Crippen LogP contribution in [0.15, 0.2) is 37.5 Å². The summed E-state index contributed by atoms with van der Waals surface area (Å²) in [6.45, 7) is 13.6. The summed E-state index contributed by atoms with van der Waals surface area (Å²) in [6, 6.07) is -0.135. The van der Waals surface area contributed by atoms with Crippen molar-refractivity contribution in [3.8, 4) is 0 Å². The Morgan fingerprint density at radius 1 is 1.22 bits per heavy atom. The van der Waals surface area contributed by atoms with Crippen molar-refractivity contribution >= 4 is 29.1 Å². The molecule has 2 amide bonds. The van der Waals surface area contributed by atoms with Crippen molar-refractivity contribution < 1.29 is 23.9 Å². The van der Waals surface area contributed by atoms with E-state index in [0.717, 1.165) is 5.57 Å². The van der Waals surface area contributed by atoms with Gasteiger partial charge in [-0.25, -0.2) is 9.59 Å². The molecule has 2 unspecified atom stereocenters. The molecule has 1 saturated heterocycles. The standard InChI is InChI=1S/C19H28N2O5S/c1-6-8-25-18(23)20(5)12-14(3)10-16-11-17(27-15(4)22)13-21(16)19(24)26-9-7-2/h6-7,16-17H,1-3,8-13H2,4-5H3. The van der Waals surface area contributed by atoms with Crippen molar-refractivity contribution in [2.45, 2.75) is 31.1 Å². The maximum atomic E-state index is 12.3. The van der Waals surface area contributed by atoms with Gasteiger partial charge in [-0.05, 0) is 12.8 Å². The van der Waals surface area contributed by atoms with Gasteiger partial charge in [-0.3, -0.25) is 4.79 Å². The highest BCUT2D eigenvalue weighted by atomic mass is 32.2. The van der Waals surface area contributed by atoms with Crippen LogP contribution in [0.5, 0.6) is 0 Å². The van der Waals surface area contributed by atoms with Crippen molar-refractivity contribution in [1.29, 1.82) is 0 Å². The summed E-state index contributed by atoms with van der Waals surface area (Å²) >= 11 is 1.23. The third kappa shape index (κ3) is 7.90. The molecule has 0 bridgehead atoms. The van der Waals surface area contributed by atoms with E-state index in [1.807, 2.05) is 0 Å². The van der Waals surface area contributed by atoms with E-state index < -0.39 is 12.2 Å². The molecule has 0 saturated carbocycles. The zero-order valence-electron chi connectivity index (χ0n) is 16.0. The molecule has 0 aromatic carbocycles. The first-order valence-corrected chi connectivity index (χ1v) is 9.53. The number of amides is 2. The Labute approximate surface area is 165 Å². The molecule has 0 radical (unpaired) electrons. The summed E-state index contributed by atoms with van der Waals surface area (Å²) in [7, 11) is 1.62.